The number of hydrogen-bond donors (Lipinski definition) is 2. The number of aromatic amines is 1. The molecule has 1 aromatic heterocycles. The number of benzene rings is 1. The van der Waals surface area contributed by atoms with E-state index >= 15 is 0 Å². The van der Waals surface area contributed by atoms with Gasteiger partial charge in [0, 0.05) is 42.8 Å². The summed E-state index contributed by atoms with van der Waals surface area (Å²) in [6.45, 7) is 2.46. The van der Waals surface area contributed by atoms with Crippen LogP contribution in [0.2, 0.25) is 0 Å². The number of hydrogen-bond acceptors (Lipinski definition) is 4. The Morgan fingerprint density at radius 2 is 1.93 bits per heavy atom. The summed E-state index contributed by atoms with van der Waals surface area (Å²) < 4.78 is 27.7. The Kier molecular flexibility index (Phi) is 8.47. The van der Waals surface area contributed by atoms with Gasteiger partial charge in [0.05, 0.1) is 17.9 Å². The first kappa shape index (κ1) is 24.1. The van der Waals surface area contributed by atoms with E-state index in [2.05, 4.69) is 15.1 Å². The molecule has 0 amide bonds. The lowest BCUT2D eigenvalue weighted by molar-refractivity contribution is 0.0586. The molecule has 2 aliphatic heterocycles. The van der Waals surface area contributed by atoms with Gasteiger partial charge in [0.2, 0.25) is 0 Å². The topological polar surface area (TPSA) is 61.2 Å². The molecule has 0 unspecified atom stereocenters. The molecule has 152 valence electrons. The molecule has 1 aromatic carbocycles. The molecule has 1 saturated heterocycles. The number of aromatic nitrogens is 2. The fraction of sp³-hybridized carbons (Fsp3) is 0.471. The Morgan fingerprint density at radius 1 is 1.19 bits per heavy atom. The maximum Gasteiger partial charge on any atom is 0.128 e. The molecule has 0 radical (unpaired) electrons. The van der Waals surface area contributed by atoms with Crippen LogP contribution in [0.1, 0.15) is 29.3 Å². The van der Waals surface area contributed by atoms with E-state index in [9.17, 15) is 8.78 Å². The molecule has 1 fully saturated rings. The number of H-pyrrole nitrogens is 1. The zero-order chi connectivity index (χ0) is 16.8. The van der Waals surface area contributed by atoms with E-state index in [0.29, 0.717) is 11.6 Å². The van der Waals surface area contributed by atoms with Gasteiger partial charge in [-0.15, -0.1) is 37.2 Å². The maximum absolute atomic E-state index is 14.2. The van der Waals surface area contributed by atoms with Gasteiger partial charge in [0.25, 0.3) is 0 Å². The van der Waals surface area contributed by atoms with Crippen LogP contribution in [0.4, 0.5) is 8.78 Å². The van der Waals surface area contributed by atoms with Crippen LogP contribution in [-0.4, -0.2) is 45.7 Å². The van der Waals surface area contributed by atoms with Crippen molar-refractivity contribution >= 4 is 37.2 Å². The highest BCUT2D eigenvalue weighted by molar-refractivity contribution is 5.86. The summed E-state index contributed by atoms with van der Waals surface area (Å²) in [7, 11) is 1.93. The van der Waals surface area contributed by atoms with Crippen LogP contribution < -0.4 is 5.73 Å². The van der Waals surface area contributed by atoms with Crippen molar-refractivity contribution < 1.29 is 8.78 Å². The number of halogens is 5. The second kappa shape index (κ2) is 9.49. The SMILES string of the molecule is CN1C[C@H](N2Cc3cn[nH]c3C2)C[C@H](N)[C@H]1c1cc(F)ccc1F.Cl.Cl.Cl. The van der Waals surface area contributed by atoms with E-state index in [1.807, 2.05) is 18.1 Å². The molecule has 27 heavy (non-hydrogen) atoms. The summed E-state index contributed by atoms with van der Waals surface area (Å²) in [6, 6.07) is 3.32. The smallest absolute Gasteiger partial charge is 0.128 e. The molecule has 2 aromatic rings. The molecular formula is C17H24Cl3F2N5. The van der Waals surface area contributed by atoms with Gasteiger partial charge >= 0.3 is 0 Å². The van der Waals surface area contributed by atoms with Crippen LogP contribution in [0.5, 0.6) is 0 Å². The summed E-state index contributed by atoms with van der Waals surface area (Å²) in [5.74, 6) is -0.830. The van der Waals surface area contributed by atoms with Gasteiger partial charge in [-0.25, -0.2) is 8.78 Å². The van der Waals surface area contributed by atoms with Crippen molar-refractivity contribution in [3.63, 3.8) is 0 Å². The van der Waals surface area contributed by atoms with Crippen LogP contribution in [0.3, 0.4) is 0 Å². The molecule has 10 heteroatoms. The molecule has 3 heterocycles. The fourth-order valence-electron chi connectivity index (χ4n) is 4.11. The Bertz CT molecular complexity index is 727. The first-order valence-electron chi connectivity index (χ1n) is 8.19. The highest BCUT2D eigenvalue weighted by atomic mass is 35.5. The van der Waals surface area contributed by atoms with Gasteiger partial charge in [-0.3, -0.25) is 14.9 Å². The monoisotopic (exact) mass is 441 g/mol. The first-order valence-corrected chi connectivity index (χ1v) is 8.19. The molecule has 5 nitrogen and oxygen atoms in total. The lowest BCUT2D eigenvalue weighted by Gasteiger charge is -2.44. The molecule has 0 bridgehead atoms. The number of piperidine rings is 1. The summed E-state index contributed by atoms with van der Waals surface area (Å²) in [6.07, 6.45) is 2.62. The van der Waals surface area contributed by atoms with Crippen LogP contribution in [0.15, 0.2) is 24.4 Å². The third-order valence-electron chi connectivity index (χ3n) is 5.26. The predicted octanol–water partition coefficient (Wildman–Crippen LogP) is 3.04. The van der Waals surface area contributed by atoms with Crippen LogP contribution in [0, 0.1) is 11.6 Å². The minimum absolute atomic E-state index is 0. The van der Waals surface area contributed by atoms with Gasteiger partial charge in [-0.1, -0.05) is 0 Å². The van der Waals surface area contributed by atoms with E-state index in [4.69, 9.17) is 5.73 Å². The van der Waals surface area contributed by atoms with Crippen molar-refractivity contribution in [3.05, 3.63) is 52.9 Å². The van der Waals surface area contributed by atoms with E-state index in [0.717, 1.165) is 37.8 Å². The van der Waals surface area contributed by atoms with Crippen molar-refractivity contribution in [1.82, 2.24) is 20.0 Å². The van der Waals surface area contributed by atoms with Gasteiger partial charge in [0.15, 0.2) is 0 Å². The van der Waals surface area contributed by atoms with E-state index in [-0.39, 0.29) is 49.3 Å². The normalized spacial score (nSPS) is 25.1. The molecule has 3 N–H and O–H groups in total. The average molecular weight is 443 g/mol. The second-order valence-corrected chi connectivity index (χ2v) is 6.88. The molecule has 3 atom stereocenters. The number of nitrogens with one attached hydrogen (secondary N) is 1. The lowest BCUT2D eigenvalue weighted by atomic mass is 9.88. The lowest BCUT2D eigenvalue weighted by Crippen LogP contribution is -2.54. The molecule has 4 rings (SSSR count). The Hall–Kier alpha value is -0.960. The molecule has 0 spiro atoms. The van der Waals surface area contributed by atoms with Crippen molar-refractivity contribution in [1.29, 1.82) is 0 Å². The third kappa shape index (κ3) is 4.55. The zero-order valence-corrected chi connectivity index (χ0v) is 17.2. The van der Waals surface area contributed by atoms with Crippen molar-refractivity contribution in [2.24, 2.45) is 5.73 Å². The van der Waals surface area contributed by atoms with Gasteiger partial charge in [-0.2, -0.15) is 5.10 Å². The molecule has 2 aliphatic rings. The summed E-state index contributed by atoms with van der Waals surface area (Å²) in [5, 5.41) is 7.09. The number of likely N-dealkylation sites (N-methyl/N-ethyl adjacent to an activating group) is 1. The molecular weight excluding hydrogens is 419 g/mol. The van der Waals surface area contributed by atoms with E-state index in [1.54, 1.807) is 0 Å². The van der Waals surface area contributed by atoms with Crippen LogP contribution in [-0.2, 0) is 13.1 Å². The quantitative estimate of drug-likeness (QED) is 0.750. The third-order valence-corrected chi connectivity index (χ3v) is 5.26. The first-order chi connectivity index (χ1) is 11.5. The number of nitrogens with zero attached hydrogens (tertiary/aromatic N) is 3. The van der Waals surface area contributed by atoms with Crippen LogP contribution >= 0.6 is 37.2 Å². The molecule has 0 aliphatic carbocycles. The number of rotatable bonds is 2. The standard InChI is InChI=1S/C17H21F2N5.3ClH/c1-23-8-12(24-7-10-6-21-22-16(10)9-24)5-15(20)17(23)13-4-11(18)2-3-14(13)19;;;/h2-4,6,12,15,17H,5,7-9,20H2,1H3,(H,21,22);3*1H/t12-,15+,17-;;;/m1.../s1. The highest BCUT2D eigenvalue weighted by Gasteiger charge is 2.38. The summed E-state index contributed by atoms with van der Waals surface area (Å²) >= 11 is 0. The summed E-state index contributed by atoms with van der Waals surface area (Å²) in [5.41, 5.74) is 9.11. The second-order valence-electron chi connectivity index (χ2n) is 6.88. The van der Waals surface area contributed by atoms with Crippen molar-refractivity contribution in [2.45, 2.75) is 37.6 Å². The minimum atomic E-state index is -0.431. The Morgan fingerprint density at radius 3 is 2.59 bits per heavy atom. The van der Waals surface area contributed by atoms with Crippen molar-refractivity contribution in [3.8, 4) is 0 Å². The van der Waals surface area contributed by atoms with Gasteiger partial charge in [-0.05, 0) is 31.7 Å². The minimum Gasteiger partial charge on any atom is -0.326 e. The zero-order valence-electron chi connectivity index (χ0n) is 14.8. The van der Waals surface area contributed by atoms with Crippen molar-refractivity contribution in [2.75, 3.05) is 13.6 Å². The molecule has 0 saturated carbocycles. The Balaban J connectivity index is 0.00000121. The summed E-state index contributed by atoms with van der Waals surface area (Å²) in [4.78, 5) is 4.42. The van der Waals surface area contributed by atoms with E-state index < -0.39 is 11.6 Å². The maximum atomic E-state index is 14.2. The number of likely N-dealkylation sites (tertiary alicyclic amines) is 1. The van der Waals surface area contributed by atoms with E-state index in [1.165, 1.54) is 17.7 Å². The predicted molar refractivity (Wildman–Crippen MR) is 108 cm³/mol. The average Bonchev–Trinajstić information content (AvgIpc) is 3.11. The largest absolute Gasteiger partial charge is 0.326 e. The van der Waals surface area contributed by atoms with Gasteiger partial charge < -0.3 is 5.73 Å². The number of fused-ring (bicyclic) bond motifs is 1. The number of nitrogens with two attached hydrogens (primary N) is 1. The fourth-order valence-corrected chi connectivity index (χ4v) is 4.11. The van der Waals surface area contributed by atoms with Gasteiger partial charge in [0.1, 0.15) is 11.6 Å². The Labute approximate surface area is 175 Å². The highest BCUT2D eigenvalue weighted by Crippen LogP contribution is 2.34. The van der Waals surface area contributed by atoms with Crippen LogP contribution in [0.25, 0.3) is 0 Å².